The lowest BCUT2D eigenvalue weighted by Gasteiger charge is -2.03. The Kier molecular flexibility index (Phi) is 3.09. The summed E-state index contributed by atoms with van der Waals surface area (Å²) in [4.78, 5) is 4.41. The summed E-state index contributed by atoms with van der Waals surface area (Å²) >= 11 is 1.50. The second-order valence-electron chi connectivity index (χ2n) is 3.30. The molecule has 2 heterocycles. The Balaban J connectivity index is 2.23. The predicted octanol–water partition coefficient (Wildman–Crippen LogP) is 1.71. The second-order valence-corrected chi connectivity index (χ2v) is 4.29. The van der Waals surface area contributed by atoms with Crippen molar-refractivity contribution in [2.75, 3.05) is 12.4 Å². The molecule has 0 amide bonds. The monoisotopic (exact) mass is 235 g/mol. The van der Waals surface area contributed by atoms with E-state index < -0.39 is 0 Å². The number of rotatable bonds is 3. The van der Waals surface area contributed by atoms with Gasteiger partial charge >= 0.3 is 0 Å². The topological polar surface area (TPSA) is 55.6 Å². The lowest BCUT2D eigenvalue weighted by atomic mass is 10.5. The number of pyridine rings is 1. The lowest BCUT2D eigenvalue weighted by Crippen LogP contribution is -1.95. The van der Waals surface area contributed by atoms with Crippen LogP contribution in [-0.4, -0.2) is 26.8 Å². The van der Waals surface area contributed by atoms with Gasteiger partial charge in [-0.2, -0.15) is 0 Å². The molecule has 5 nitrogen and oxygen atoms in total. The van der Waals surface area contributed by atoms with Gasteiger partial charge in [-0.15, -0.1) is 10.2 Å². The first-order valence-electron chi connectivity index (χ1n) is 4.89. The number of anilines is 1. The Morgan fingerprint density at radius 2 is 2.12 bits per heavy atom. The normalized spacial score (nSPS) is 10.4. The highest BCUT2D eigenvalue weighted by Crippen LogP contribution is 2.24. The van der Waals surface area contributed by atoms with Crippen LogP contribution in [0, 0.1) is 6.92 Å². The second kappa shape index (κ2) is 4.52. The quantitative estimate of drug-likeness (QED) is 0.877. The van der Waals surface area contributed by atoms with Crippen molar-refractivity contribution in [2.24, 2.45) is 7.05 Å². The summed E-state index contributed by atoms with van der Waals surface area (Å²) in [5.41, 5.74) is 0. The maximum Gasteiger partial charge on any atom is 0.197 e. The first kappa shape index (κ1) is 10.9. The van der Waals surface area contributed by atoms with Crippen molar-refractivity contribution in [3.8, 4) is 0 Å². The van der Waals surface area contributed by atoms with Crippen LogP contribution in [-0.2, 0) is 7.05 Å². The van der Waals surface area contributed by atoms with Crippen LogP contribution in [0.2, 0.25) is 0 Å². The van der Waals surface area contributed by atoms with Crippen molar-refractivity contribution in [3.63, 3.8) is 0 Å². The van der Waals surface area contributed by atoms with E-state index in [-0.39, 0.29) is 0 Å². The van der Waals surface area contributed by atoms with Crippen LogP contribution >= 0.6 is 11.8 Å². The van der Waals surface area contributed by atoms with Crippen molar-refractivity contribution >= 4 is 17.6 Å². The molecule has 0 unspecified atom stereocenters. The Morgan fingerprint density at radius 3 is 2.75 bits per heavy atom. The number of hydrogen-bond acceptors (Lipinski definition) is 5. The largest absolute Gasteiger partial charge is 0.373 e. The average molecular weight is 235 g/mol. The molecule has 0 aliphatic heterocycles. The van der Waals surface area contributed by atoms with Gasteiger partial charge in [0.15, 0.2) is 5.16 Å². The van der Waals surface area contributed by atoms with Crippen LogP contribution in [0.15, 0.2) is 28.4 Å². The first-order chi connectivity index (χ1) is 7.70. The van der Waals surface area contributed by atoms with E-state index in [1.54, 1.807) is 0 Å². The maximum absolute atomic E-state index is 4.41. The number of hydrogen-bond donors (Lipinski definition) is 1. The van der Waals surface area contributed by atoms with Crippen molar-refractivity contribution in [1.82, 2.24) is 19.7 Å². The summed E-state index contributed by atoms with van der Waals surface area (Å²) in [6, 6.07) is 5.84. The molecule has 0 radical (unpaired) electrons. The molecule has 0 aromatic carbocycles. The molecule has 0 aliphatic rings. The van der Waals surface area contributed by atoms with Gasteiger partial charge in [-0.3, -0.25) is 0 Å². The Bertz CT molecular complexity index is 494. The lowest BCUT2D eigenvalue weighted by molar-refractivity contribution is 0.764. The predicted molar refractivity (Wildman–Crippen MR) is 63.6 cm³/mol. The zero-order valence-corrected chi connectivity index (χ0v) is 10.2. The SMILES string of the molecule is CNc1cccc(Sc2nnc(C)n2C)n1. The van der Waals surface area contributed by atoms with E-state index in [9.17, 15) is 0 Å². The van der Waals surface area contributed by atoms with E-state index in [1.807, 2.05) is 43.8 Å². The summed E-state index contributed by atoms with van der Waals surface area (Å²) < 4.78 is 1.94. The molecule has 16 heavy (non-hydrogen) atoms. The van der Waals surface area contributed by atoms with E-state index in [1.165, 1.54) is 11.8 Å². The molecule has 0 spiro atoms. The summed E-state index contributed by atoms with van der Waals surface area (Å²) in [5.74, 6) is 1.75. The van der Waals surface area contributed by atoms with Crippen LogP contribution in [0.1, 0.15) is 5.82 Å². The Hall–Kier alpha value is -1.56. The molecule has 2 aromatic heterocycles. The van der Waals surface area contributed by atoms with E-state index in [0.717, 1.165) is 21.8 Å². The highest BCUT2D eigenvalue weighted by Gasteiger charge is 2.07. The number of aryl methyl sites for hydroxylation is 1. The van der Waals surface area contributed by atoms with Gasteiger partial charge in [-0.25, -0.2) is 4.98 Å². The molecule has 0 aliphatic carbocycles. The minimum atomic E-state index is 0.846. The van der Waals surface area contributed by atoms with Crippen molar-refractivity contribution in [1.29, 1.82) is 0 Å². The molecular formula is C10H13N5S. The summed E-state index contributed by atoms with van der Waals surface area (Å²) in [6.07, 6.45) is 0. The molecule has 0 saturated heterocycles. The van der Waals surface area contributed by atoms with E-state index in [0.29, 0.717) is 0 Å². The van der Waals surface area contributed by atoms with Gasteiger partial charge in [0.05, 0.1) is 0 Å². The standard InChI is InChI=1S/C10H13N5S/c1-7-13-14-10(15(7)3)16-9-6-4-5-8(11-2)12-9/h4-6H,1-3H3,(H,11,12). The molecule has 0 saturated carbocycles. The summed E-state index contributed by atoms with van der Waals surface area (Å²) in [5, 5.41) is 12.8. The molecule has 84 valence electrons. The third-order valence-electron chi connectivity index (χ3n) is 2.23. The van der Waals surface area contributed by atoms with Gasteiger partial charge in [-0.05, 0) is 30.8 Å². The Morgan fingerprint density at radius 1 is 1.31 bits per heavy atom. The van der Waals surface area contributed by atoms with Crippen LogP contribution < -0.4 is 5.32 Å². The fraction of sp³-hybridized carbons (Fsp3) is 0.300. The van der Waals surface area contributed by atoms with Gasteiger partial charge in [0.1, 0.15) is 16.7 Å². The Labute approximate surface area is 98.3 Å². The van der Waals surface area contributed by atoms with Crippen LogP contribution in [0.4, 0.5) is 5.82 Å². The fourth-order valence-corrected chi connectivity index (χ4v) is 2.01. The number of nitrogens with one attached hydrogen (secondary N) is 1. The molecule has 0 bridgehead atoms. The number of aromatic nitrogens is 4. The summed E-state index contributed by atoms with van der Waals surface area (Å²) in [6.45, 7) is 1.93. The zero-order valence-electron chi connectivity index (χ0n) is 9.43. The zero-order chi connectivity index (χ0) is 11.5. The van der Waals surface area contributed by atoms with E-state index >= 15 is 0 Å². The van der Waals surface area contributed by atoms with Gasteiger partial charge in [0.2, 0.25) is 0 Å². The molecule has 6 heteroatoms. The van der Waals surface area contributed by atoms with E-state index in [2.05, 4.69) is 20.5 Å². The van der Waals surface area contributed by atoms with Crippen molar-refractivity contribution in [2.45, 2.75) is 17.1 Å². The van der Waals surface area contributed by atoms with Crippen LogP contribution in [0.3, 0.4) is 0 Å². The van der Waals surface area contributed by atoms with Crippen LogP contribution in [0.5, 0.6) is 0 Å². The van der Waals surface area contributed by atoms with Gasteiger partial charge in [0, 0.05) is 14.1 Å². The first-order valence-corrected chi connectivity index (χ1v) is 5.71. The maximum atomic E-state index is 4.41. The highest BCUT2D eigenvalue weighted by molar-refractivity contribution is 7.99. The average Bonchev–Trinajstić information content (AvgIpc) is 2.61. The van der Waals surface area contributed by atoms with Gasteiger partial charge < -0.3 is 9.88 Å². The third-order valence-corrected chi connectivity index (χ3v) is 3.20. The molecule has 2 aromatic rings. The van der Waals surface area contributed by atoms with Gasteiger partial charge in [-0.1, -0.05) is 6.07 Å². The molecule has 0 atom stereocenters. The van der Waals surface area contributed by atoms with Crippen LogP contribution in [0.25, 0.3) is 0 Å². The molecule has 2 rings (SSSR count). The van der Waals surface area contributed by atoms with E-state index in [4.69, 9.17) is 0 Å². The molecular weight excluding hydrogens is 222 g/mol. The van der Waals surface area contributed by atoms with Crippen molar-refractivity contribution < 1.29 is 0 Å². The summed E-state index contributed by atoms with van der Waals surface area (Å²) in [7, 11) is 3.79. The minimum Gasteiger partial charge on any atom is -0.373 e. The third kappa shape index (κ3) is 2.16. The smallest absolute Gasteiger partial charge is 0.197 e. The highest BCUT2D eigenvalue weighted by atomic mass is 32.2. The van der Waals surface area contributed by atoms with Gasteiger partial charge in [0.25, 0.3) is 0 Å². The minimum absolute atomic E-state index is 0.846. The van der Waals surface area contributed by atoms with Crippen molar-refractivity contribution in [3.05, 3.63) is 24.0 Å². The number of nitrogens with zero attached hydrogens (tertiary/aromatic N) is 4. The fourth-order valence-electron chi connectivity index (χ4n) is 1.18. The molecule has 0 fully saturated rings. The molecule has 1 N–H and O–H groups in total.